The molecule has 0 spiro atoms. The van der Waals surface area contributed by atoms with Crippen LogP contribution in [0.3, 0.4) is 0 Å². The quantitative estimate of drug-likeness (QED) is 0.391. The van der Waals surface area contributed by atoms with Crippen molar-refractivity contribution in [3.05, 3.63) is 0 Å². The number of aliphatic hydroxyl groups is 1. The van der Waals surface area contributed by atoms with Crippen LogP contribution in [0, 0.1) is 0 Å². The van der Waals surface area contributed by atoms with Crippen molar-refractivity contribution in [1.82, 2.24) is 0 Å². The molecule has 0 rings (SSSR count). The second-order valence-electron chi connectivity index (χ2n) is 4.96. The van der Waals surface area contributed by atoms with Gasteiger partial charge in [0.15, 0.2) is 0 Å². The second kappa shape index (κ2) is 12.9. The molecule has 4 nitrogen and oxygen atoms in total. The highest BCUT2D eigenvalue weighted by molar-refractivity contribution is 4.66. The standard InChI is InChI=1S/C15H32O4/c1-4-7-10-17-13-15(16,19-12-9-6-3)14-18-11-8-5-2/h16H,4-14H2,1-3H3. The minimum Gasteiger partial charge on any atom is -0.376 e. The molecule has 0 aromatic rings. The van der Waals surface area contributed by atoms with Crippen molar-refractivity contribution in [2.45, 2.75) is 65.1 Å². The monoisotopic (exact) mass is 276 g/mol. The van der Waals surface area contributed by atoms with Gasteiger partial charge in [0.05, 0.1) is 6.61 Å². The molecule has 0 heterocycles. The predicted octanol–water partition coefficient (Wildman–Crippen LogP) is 3.13. The summed E-state index contributed by atoms with van der Waals surface area (Å²) >= 11 is 0. The zero-order valence-electron chi connectivity index (χ0n) is 13.0. The summed E-state index contributed by atoms with van der Waals surface area (Å²) in [6, 6.07) is 0. The Labute approximate surface area is 118 Å². The van der Waals surface area contributed by atoms with Crippen molar-refractivity contribution in [3.8, 4) is 0 Å². The van der Waals surface area contributed by atoms with Crippen molar-refractivity contribution in [3.63, 3.8) is 0 Å². The number of hydrogen-bond donors (Lipinski definition) is 1. The smallest absolute Gasteiger partial charge is 0.213 e. The Morgan fingerprint density at radius 3 is 1.58 bits per heavy atom. The van der Waals surface area contributed by atoms with Gasteiger partial charge in [-0.3, -0.25) is 0 Å². The fourth-order valence-electron chi connectivity index (χ4n) is 1.49. The van der Waals surface area contributed by atoms with Crippen LogP contribution >= 0.6 is 0 Å². The fourth-order valence-corrected chi connectivity index (χ4v) is 1.49. The topological polar surface area (TPSA) is 47.9 Å². The summed E-state index contributed by atoms with van der Waals surface area (Å²) < 4.78 is 16.5. The maximum absolute atomic E-state index is 10.4. The first-order valence-corrected chi connectivity index (χ1v) is 7.70. The summed E-state index contributed by atoms with van der Waals surface area (Å²) in [5, 5.41) is 10.4. The molecule has 0 aromatic carbocycles. The minimum atomic E-state index is -1.29. The zero-order valence-corrected chi connectivity index (χ0v) is 13.0. The number of unbranched alkanes of at least 4 members (excludes halogenated alkanes) is 3. The molecule has 0 radical (unpaired) electrons. The van der Waals surface area contributed by atoms with Gasteiger partial charge >= 0.3 is 0 Å². The van der Waals surface area contributed by atoms with Crippen LogP contribution in [0.1, 0.15) is 59.3 Å². The van der Waals surface area contributed by atoms with Gasteiger partial charge in [-0.25, -0.2) is 0 Å². The lowest BCUT2D eigenvalue weighted by molar-refractivity contribution is -0.257. The molecule has 4 heteroatoms. The van der Waals surface area contributed by atoms with E-state index in [0.717, 1.165) is 38.5 Å². The first-order chi connectivity index (χ1) is 9.18. The molecule has 0 aromatic heterocycles. The van der Waals surface area contributed by atoms with E-state index in [-0.39, 0.29) is 13.2 Å². The highest BCUT2D eigenvalue weighted by Gasteiger charge is 2.28. The molecule has 0 saturated heterocycles. The molecule has 0 atom stereocenters. The fraction of sp³-hybridized carbons (Fsp3) is 1.00. The van der Waals surface area contributed by atoms with E-state index in [1.165, 1.54) is 0 Å². The van der Waals surface area contributed by atoms with E-state index >= 15 is 0 Å². The summed E-state index contributed by atoms with van der Waals surface area (Å²) in [6.45, 7) is 8.54. The van der Waals surface area contributed by atoms with Crippen molar-refractivity contribution in [1.29, 1.82) is 0 Å². The Hall–Kier alpha value is -0.160. The van der Waals surface area contributed by atoms with Gasteiger partial charge in [0.1, 0.15) is 13.2 Å². The summed E-state index contributed by atoms with van der Waals surface area (Å²) in [4.78, 5) is 0. The van der Waals surface area contributed by atoms with E-state index in [0.29, 0.717) is 19.8 Å². The van der Waals surface area contributed by atoms with Crippen LogP contribution < -0.4 is 0 Å². The zero-order chi connectivity index (χ0) is 14.4. The highest BCUT2D eigenvalue weighted by Crippen LogP contribution is 2.11. The van der Waals surface area contributed by atoms with Crippen LogP contribution in [0.2, 0.25) is 0 Å². The van der Waals surface area contributed by atoms with Crippen molar-refractivity contribution < 1.29 is 19.3 Å². The predicted molar refractivity (Wildman–Crippen MR) is 77.3 cm³/mol. The SMILES string of the molecule is CCCCOCC(O)(COCCCC)OCCCC. The maximum atomic E-state index is 10.4. The van der Waals surface area contributed by atoms with E-state index in [1.807, 2.05) is 0 Å². The molecule has 0 fully saturated rings. The molecule has 116 valence electrons. The molecule has 0 bridgehead atoms. The van der Waals surface area contributed by atoms with Gasteiger partial charge in [0, 0.05) is 13.2 Å². The second-order valence-corrected chi connectivity index (χ2v) is 4.96. The molecule has 0 amide bonds. The van der Waals surface area contributed by atoms with Crippen LogP contribution in [0.15, 0.2) is 0 Å². The third-order valence-corrected chi connectivity index (χ3v) is 2.81. The molecule has 1 N–H and O–H groups in total. The van der Waals surface area contributed by atoms with Crippen molar-refractivity contribution >= 4 is 0 Å². The average Bonchev–Trinajstić information content (AvgIpc) is 2.41. The number of ether oxygens (including phenoxy) is 3. The van der Waals surface area contributed by atoms with Gasteiger partial charge in [0.2, 0.25) is 5.79 Å². The number of rotatable bonds is 14. The largest absolute Gasteiger partial charge is 0.376 e. The molecule has 0 aliphatic rings. The molecule has 0 aliphatic carbocycles. The lowest BCUT2D eigenvalue weighted by atomic mass is 10.3. The van der Waals surface area contributed by atoms with Gasteiger partial charge < -0.3 is 19.3 Å². The molecule has 0 unspecified atom stereocenters. The van der Waals surface area contributed by atoms with E-state index in [2.05, 4.69) is 20.8 Å². The Morgan fingerprint density at radius 1 is 0.737 bits per heavy atom. The Bertz CT molecular complexity index is 173. The van der Waals surface area contributed by atoms with Crippen molar-refractivity contribution in [2.75, 3.05) is 33.0 Å². The summed E-state index contributed by atoms with van der Waals surface area (Å²) in [6.07, 6.45) is 6.16. The Kier molecular flexibility index (Phi) is 12.7. The van der Waals surface area contributed by atoms with E-state index < -0.39 is 5.79 Å². The van der Waals surface area contributed by atoms with Gasteiger partial charge in [-0.1, -0.05) is 40.0 Å². The molecule has 0 aliphatic heterocycles. The maximum Gasteiger partial charge on any atom is 0.213 e. The van der Waals surface area contributed by atoms with Crippen LogP contribution in [0.25, 0.3) is 0 Å². The molecule has 0 saturated carbocycles. The lowest BCUT2D eigenvalue weighted by Crippen LogP contribution is -2.43. The highest BCUT2D eigenvalue weighted by atomic mass is 16.7. The van der Waals surface area contributed by atoms with Crippen molar-refractivity contribution in [2.24, 2.45) is 0 Å². The van der Waals surface area contributed by atoms with Gasteiger partial charge in [0.25, 0.3) is 0 Å². The Morgan fingerprint density at radius 2 is 1.16 bits per heavy atom. The normalized spacial score (nSPS) is 12.0. The van der Waals surface area contributed by atoms with Crippen LogP contribution in [0.5, 0.6) is 0 Å². The lowest BCUT2D eigenvalue weighted by Gasteiger charge is -2.28. The van der Waals surface area contributed by atoms with Crippen LogP contribution in [-0.2, 0) is 14.2 Å². The molecule has 19 heavy (non-hydrogen) atoms. The van der Waals surface area contributed by atoms with Gasteiger partial charge in [-0.15, -0.1) is 0 Å². The summed E-state index contributed by atoms with van der Waals surface area (Å²) in [5.41, 5.74) is 0. The summed E-state index contributed by atoms with van der Waals surface area (Å²) in [7, 11) is 0. The van der Waals surface area contributed by atoms with E-state index in [1.54, 1.807) is 0 Å². The molecular formula is C15H32O4. The van der Waals surface area contributed by atoms with Gasteiger partial charge in [-0.05, 0) is 19.3 Å². The minimum absolute atomic E-state index is 0.183. The first-order valence-electron chi connectivity index (χ1n) is 7.70. The van der Waals surface area contributed by atoms with E-state index in [9.17, 15) is 5.11 Å². The van der Waals surface area contributed by atoms with Crippen LogP contribution in [-0.4, -0.2) is 43.9 Å². The third-order valence-electron chi connectivity index (χ3n) is 2.81. The number of hydrogen-bond acceptors (Lipinski definition) is 4. The van der Waals surface area contributed by atoms with Crippen LogP contribution in [0.4, 0.5) is 0 Å². The summed E-state index contributed by atoms with van der Waals surface area (Å²) in [5.74, 6) is -1.29. The average molecular weight is 276 g/mol. The first kappa shape index (κ1) is 18.8. The molecular weight excluding hydrogens is 244 g/mol. The van der Waals surface area contributed by atoms with E-state index in [4.69, 9.17) is 14.2 Å². The third kappa shape index (κ3) is 11.4. The Balaban J connectivity index is 3.96. The van der Waals surface area contributed by atoms with Gasteiger partial charge in [-0.2, -0.15) is 0 Å².